The Morgan fingerprint density at radius 2 is 2.08 bits per heavy atom. The molecule has 1 aromatic carbocycles. The van der Waals surface area contributed by atoms with Crippen LogP contribution in [0.1, 0.15) is 44.6 Å². The summed E-state index contributed by atoms with van der Waals surface area (Å²) in [6.45, 7) is 5.29. The Labute approximate surface area is 154 Å². The highest BCUT2D eigenvalue weighted by Gasteiger charge is 2.45. The molecule has 24 heavy (non-hydrogen) atoms. The van der Waals surface area contributed by atoms with Gasteiger partial charge in [0.2, 0.25) is 5.91 Å². The average molecular weight is 393 g/mol. The lowest BCUT2D eigenvalue weighted by molar-refractivity contribution is -0.131. The molecule has 1 heterocycles. The molecule has 2 atom stereocenters. The van der Waals surface area contributed by atoms with E-state index >= 15 is 0 Å². The van der Waals surface area contributed by atoms with E-state index in [2.05, 4.69) is 52.4 Å². The number of halogens is 1. The number of hydrogen-bond acceptors (Lipinski definition) is 2. The lowest BCUT2D eigenvalue weighted by Gasteiger charge is -2.30. The van der Waals surface area contributed by atoms with Gasteiger partial charge >= 0.3 is 0 Å². The van der Waals surface area contributed by atoms with Crippen LogP contribution in [0, 0.1) is 11.8 Å². The number of rotatable bonds is 6. The Kier molecular flexibility index (Phi) is 5.66. The lowest BCUT2D eigenvalue weighted by Crippen LogP contribution is -2.38. The molecule has 1 N–H and O–H groups in total. The molecule has 2 fully saturated rings. The molecule has 0 bridgehead atoms. The molecule has 1 aromatic rings. The minimum atomic E-state index is 0.195. The van der Waals surface area contributed by atoms with Crippen molar-refractivity contribution < 1.29 is 4.79 Å². The molecule has 2 aliphatic rings. The Hall–Kier alpha value is -0.870. The van der Waals surface area contributed by atoms with Crippen LogP contribution in [0.2, 0.25) is 0 Å². The van der Waals surface area contributed by atoms with Crippen LogP contribution in [-0.4, -0.2) is 37.5 Å². The van der Waals surface area contributed by atoms with Gasteiger partial charge in [-0.1, -0.05) is 35.0 Å². The van der Waals surface area contributed by atoms with E-state index in [9.17, 15) is 4.79 Å². The highest BCUT2D eigenvalue weighted by Crippen LogP contribution is 2.48. The first-order valence-electron chi connectivity index (χ1n) is 9.21. The molecule has 0 radical (unpaired) electrons. The van der Waals surface area contributed by atoms with Gasteiger partial charge in [-0.25, -0.2) is 0 Å². The smallest absolute Gasteiger partial charge is 0.222 e. The summed E-state index contributed by atoms with van der Waals surface area (Å²) >= 11 is 3.50. The molecule has 0 aromatic heterocycles. The van der Waals surface area contributed by atoms with Crippen molar-refractivity contribution in [2.24, 2.45) is 11.8 Å². The first-order valence-corrected chi connectivity index (χ1v) is 10.0. The van der Waals surface area contributed by atoms with Crippen LogP contribution in [0.5, 0.6) is 0 Å². The summed E-state index contributed by atoms with van der Waals surface area (Å²) in [6.07, 6.45) is 5.56. The Morgan fingerprint density at radius 1 is 1.38 bits per heavy atom. The topological polar surface area (TPSA) is 32.3 Å². The molecule has 132 valence electrons. The predicted molar refractivity (Wildman–Crippen MR) is 102 cm³/mol. The fraction of sp³-hybridized carbons (Fsp3) is 0.650. The van der Waals surface area contributed by atoms with Crippen molar-refractivity contribution in [3.05, 3.63) is 34.3 Å². The van der Waals surface area contributed by atoms with Crippen LogP contribution in [0.3, 0.4) is 0 Å². The fourth-order valence-electron chi connectivity index (χ4n) is 4.00. The van der Waals surface area contributed by atoms with E-state index in [1.54, 1.807) is 0 Å². The SMILES string of the molecule is CC(CC(=O)N(C)CC1(c2ccc(Br)cc2)CC1)C1CCCNC1. The lowest BCUT2D eigenvalue weighted by atomic mass is 9.85. The molecular formula is C20H29BrN2O. The number of nitrogens with one attached hydrogen (secondary N) is 1. The van der Waals surface area contributed by atoms with E-state index in [4.69, 9.17) is 0 Å². The van der Waals surface area contributed by atoms with Crippen molar-refractivity contribution in [3.8, 4) is 0 Å². The van der Waals surface area contributed by atoms with Gasteiger partial charge in [-0.2, -0.15) is 0 Å². The summed E-state index contributed by atoms with van der Waals surface area (Å²) in [5.41, 5.74) is 1.57. The van der Waals surface area contributed by atoms with E-state index in [0.29, 0.717) is 24.2 Å². The highest BCUT2D eigenvalue weighted by molar-refractivity contribution is 9.10. The molecule has 1 saturated heterocycles. The van der Waals surface area contributed by atoms with Gasteiger partial charge < -0.3 is 10.2 Å². The monoisotopic (exact) mass is 392 g/mol. The van der Waals surface area contributed by atoms with Gasteiger partial charge in [0.15, 0.2) is 0 Å². The number of carbonyl (C=O) groups is 1. The maximum absolute atomic E-state index is 12.7. The third kappa shape index (κ3) is 4.20. The van der Waals surface area contributed by atoms with Gasteiger partial charge in [-0.15, -0.1) is 0 Å². The normalized spacial score (nSPS) is 23.5. The van der Waals surface area contributed by atoms with Gasteiger partial charge in [0, 0.05) is 29.9 Å². The quantitative estimate of drug-likeness (QED) is 0.794. The molecule has 1 amide bonds. The van der Waals surface area contributed by atoms with Gasteiger partial charge in [-0.3, -0.25) is 4.79 Å². The number of carbonyl (C=O) groups excluding carboxylic acids is 1. The Morgan fingerprint density at radius 3 is 2.67 bits per heavy atom. The third-order valence-corrected chi connectivity index (χ3v) is 6.44. The zero-order valence-corrected chi connectivity index (χ0v) is 16.4. The van der Waals surface area contributed by atoms with Crippen molar-refractivity contribution >= 4 is 21.8 Å². The number of nitrogens with zero attached hydrogens (tertiary/aromatic N) is 1. The molecule has 4 heteroatoms. The van der Waals surface area contributed by atoms with Crippen molar-refractivity contribution in [2.75, 3.05) is 26.7 Å². The fourth-order valence-corrected chi connectivity index (χ4v) is 4.26. The van der Waals surface area contributed by atoms with Crippen molar-refractivity contribution in [1.82, 2.24) is 10.2 Å². The van der Waals surface area contributed by atoms with Gasteiger partial charge in [-0.05, 0) is 68.3 Å². The summed E-state index contributed by atoms with van der Waals surface area (Å²) in [5.74, 6) is 1.42. The molecule has 0 spiro atoms. The minimum absolute atomic E-state index is 0.195. The summed E-state index contributed by atoms with van der Waals surface area (Å²) < 4.78 is 1.11. The van der Waals surface area contributed by atoms with Crippen LogP contribution in [-0.2, 0) is 10.2 Å². The molecule has 3 nitrogen and oxygen atoms in total. The van der Waals surface area contributed by atoms with Gasteiger partial charge in [0.25, 0.3) is 0 Å². The second-order valence-corrected chi connectivity index (χ2v) is 8.74. The van der Waals surface area contributed by atoms with E-state index < -0.39 is 0 Å². The summed E-state index contributed by atoms with van der Waals surface area (Å²) in [7, 11) is 1.98. The Bertz CT molecular complexity index is 562. The second kappa shape index (κ2) is 7.57. The van der Waals surface area contributed by atoms with Crippen LogP contribution in [0.4, 0.5) is 0 Å². The second-order valence-electron chi connectivity index (χ2n) is 7.82. The van der Waals surface area contributed by atoms with Crippen LogP contribution in [0.15, 0.2) is 28.7 Å². The molecular weight excluding hydrogens is 364 g/mol. The first kappa shape index (κ1) is 17.9. The number of amides is 1. The highest BCUT2D eigenvalue weighted by atomic mass is 79.9. The summed E-state index contributed by atoms with van der Waals surface area (Å²) in [6, 6.07) is 8.61. The van der Waals surface area contributed by atoms with Gasteiger partial charge in [0.05, 0.1) is 0 Å². The van der Waals surface area contributed by atoms with E-state index in [1.165, 1.54) is 31.2 Å². The third-order valence-electron chi connectivity index (χ3n) is 5.91. The predicted octanol–water partition coefficient (Wildman–Crippen LogP) is 3.96. The zero-order chi connectivity index (χ0) is 17.2. The number of benzene rings is 1. The van der Waals surface area contributed by atoms with E-state index in [-0.39, 0.29) is 5.41 Å². The molecule has 1 aliphatic carbocycles. The minimum Gasteiger partial charge on any atom is -0.345 e. The largest absolute Gasteiger partial charge is 0.345 e. The average Bonchev–Trinajstić information content (AvgIpc) is 3.36. The Balaban J connectivity index is 1.55. The molecule has 2 unspecified atom stereocenters. The zero-order valence-electron chi connectivity index (χ0n) is 14.9. The van der Waals surface area contributed by atoms with Crippen molar-refractivity contribution in [1.29, 1.82) is 0 Å². The molecule has 1 saturated carbocycles. The van der Waals surface area contributed by atoms with Crippen molar-refractivity contribution in [2.45, 2.75) is 44.4 Å². The number of hydrogen-bond donors (Lipinski definition) is 1. The molecule has 3 rings (SSSR count). The molecule has 1 aliphatic heterocycles. The standard InChI is InChI=1S/C20H29BrN2O/c1-15(16-4-3-11-22-13-16)12-19(24)23(2)14-20(9-10-20)17-5-7-18(21)8-6-17/h5-8,15-16,22H,3-4,9-14H2,1-2H3. The van der Waals surface area contributed by atoms with Crippen molar-refractivity contribution in [3.63, 3.8) is 0 Å². The maximum atomic E-state index is 12.7. The number of likely N-dealkylation sites (N-methyl/N-ethyl adjacent to an activating group) is 1. The van der Waals surface area contributed by atoms with E-state index in [1.807, 2.05) is 11.9 Å². The maximum Gasteiger partial charge on any atom is 0.222 e. The van der Waals surface area contributed by atoms with Crippen LogP contribution in [0.25, 0.3) is 0 Å². The summed E-state index contributed by atoms with van der Waals surface area (Å²) in [5, 5.41) is 3.46. The number of piperidine rings is 1. The van der Waals surface area contributed by atoms with Crippen LogP contribution < -0.4 is 5.32 Å². The van der Waals surface area contributed by atoms with Crippen LogP contribution >= 0.6 is 15.9 Å². The van der Waals surface area contributed by atoms with E-state index in [0.717, 1.165) is 24.1 Å². The summed E-state index contributed by atoms with van der Waals surface area (Å²) in [4.78, 5) is 14.7. The van der Waals surface area contributed by atoms with Gasteiger partial charge in [0.1, 0.15) is 0 Å². The first-order chi connectivity index (χ1) is 11.5.